The molecule has 3 heteroatoms. The van der Waals surface area contributed by atoms with Gasteiger partial charge in [-0.1, -0.05) is 25.1 Å². The number of nitrogens with one attached hydrogen (secondary N) is 1. The van der Waals surface area contributed by atoms with E-state index in [-0.39, 0.29) is 0 Å². The van der Waals surface area contributed by atoms with Gasteiger partial charge < -0.3 is 5.32 Å². The monoisotopic (exact) mass is 234 g/mol. The normalized spacial score (nSPS) is 16.1. The summed E-state index contributed by atoms with van der Waals surface area (Å²) in [5.41, 5.74) is -0.429. The van der Waals surface area contributed by atoms with Gasteiger partial charge in [0.25, 0.3) is 0 Å². The van der Waals surface area contributed by atoms with E-state index in [0.717, 1.165) is 6.42 Å². The van der Waals surface area contributed by atoms with Gasteiger partial charge in [0, 0.05) is 10.1 Å². The van der Waals surface area contributed by atoms with Crippen LogP contribution in [0, 0.1) is 11.3 Å². The van der Waals surface area contributed by atoms with Crippen LogP contribution in [0.1, 0.15) is 20.3 Å². The van der Waals surface area contributed by atoms with Crippen LogP contribution in [0.25, 0.3) is 0 Å². The molecule has 0 radical (unpaired) electrons. The molecule has 2 atom stereocenters. The first-order valence-corrected chi connectivity index (χ1v) is 6.29. The smallest absolute Gasteiger partial charge is 0.104 e. The SMILES string of the molecule is CNC(C)(C#N)CC(C)Sc1ccccc1. The molecule has 0 saturated heterocycles. The van der Waals surface area contributed by atoms with Crippen LogP contribution in [0.5, 0.6) is 0 Å². The first kappa shape index (κ1) is 13.1. The average Bonchev–Trinajstić information content (AvgIpc) is 2.30. The lowest BCUT2D eigenvalue weighted by Gasteiger charge is -2.24. The van der Waals surface area contributed by atoms with E-state index in [1.165, 1.54) is 4.90 Å². The summed E-state index contributed by atoms with van der Waals surface area (Å²) in [6.45, 7) is 4.10. The van der Waals surface area contributed by atoms with Crippen molar-refractivity contribution in [1.82, 2.24) is 5.32 Å². The fourth-order valence-corrected chi connectivity index (χ4v) is 2.75. The summed E-state index contributed by atoms with van der Waals surface area (Å²) in [5.74, 6) is 0. The molecule has 0 saturated carbocycles. The lowest BCUT2D eigenvalue weighted by Crippen LogP contribution is -2.40. The van der Waals surface area contributed by atoms with Crippen LogP contribution >= 0.6 is 11.8 Å². The second-order valence-corrected chi connectivity index (χ2v) is 5.65. The van der Waals surface area contributed by atoms with Gasteiger partial charge in [0.1, 0.15) is 5.54 Å². The van der Waals surface area contributed by atoms with Crippen molar-refractivity contribution in [1.29, 1.82) is 5.26 Å². The number of hydrogen-bond donors (Lipinski definition) is 1. The van der Waals surface area contributed by atoms with Gasteiger partial charge in [0.15, 0.2) is 0 Å². The Bertz CT molecular complexity index is 358. The van der Waals surface area contributed by atoms with Crippen molar-refractivity contribution in [3.8, 4) is 6.07 Å². The van der Waals surface area contributed by atoms with E-state index in [1.807, 2.05) is 43.9 Å². The molecule has 2 unspecified atom stereocenters. The third-order valence-electron chi connectivity index (χ3n) is 2.57. The molecular formula is C13H18N2S. The highest BCUT2D eigenvalue weighted by molar-refractivity contribution is 7.99. The highest BCUT2D eigenvalue weighted by Gasteiger charge is 2.24. The minimum absolute atomic E-state index is 0.416. The van der Waals surface area contributed by atoms with Gasteiger partial charge in [-0.25, -0.2) is 0 Å². The van der Waals surface area contributed by atoms with Gasteiger partial charge in [0.2, 0.25) is 0 Å². The summed E-state index contributed by atoms with van der Waals surface area (Å²) in [7, 11) is 1.84. The zero-order valence-corrected chi connectivity index (χ0v) is 10.8. The van der Waals surface area contributed by atoms with Gasteiger partial charge in [-0.05, 0) is 32.5 Å². The molecule has 86 valence electrons. The number of benzene rings is 1. The summed E-state index contributed by atoms with van der Waals surface area (Å²) < 4.78 is 0. The Morgan fingerprint density at radius 2 is 2.06 bits per heavy atom. The topological polar surface area (TPSA) is 35.8 Å². The van der Waals surface area contributed by atoms with Crippen molar-refractivity contribution in [3.63, 3.8) is 0 Å². The summed E-state index contributed by atoms with van der Waals surface area (Å²) in [6.07, 6.45) is 0.833. The zero-order valence-electron chi connectivity index (χ0n) is 10.0. The van der Waals surface area contributed by atoms with Crippen LogP contribution < -0.4 is 5.32 Å². The number of hydrogen-bond acceptors (Lipinski definition) is 3. The van der Waals surface area contributed by atoms with Crippen LogP contribution in [0.4, 0.5) is 0 Å². The second kappa shape index (κ2) is 5.93. The molecule has 2 nitrogen and oxygen atoms in total. The van der Waals surface area contributed by atoms with E-state index in [2.05, 4.69) is 30.4 Å². The molecule has 0 heterocycles. The fourth-order valence-electron chi connectivity index (χ4n) is 1.55. The molecule has 0 aliphatic rings. The lowest BCUT2D eigenvalue weighted by molar-refractivity contribution is 0.455. The van der Waals surface area contributed by atoms with Crippen molar-refractivity contribution in [3.05, 3.63) is 30.3 Å². The number of rotatable bonds is 5. The van der Waals surface area contributed by atoms with E-state index in [9.17, 15) is 0 Å². The second-order valence-electron chi connectivity index (χ2n) is 4.14. The van der Waals surface area contributed by atoms with E-state index in [1.54, 1.807) is 0 Å². The van der Waals surface area contributed by atoms with Crippen molar-refractivity contribution < 1.29 is 0 Å². The Kier molecular flexibility index (Phi) is 4.85. The highest BCUT2D eigenvalue weighted by atomic mass is 32.2. The Balaban J connectivity index is 2.55. The molecule has 1 rings (SSSR count). The first-order chi connectivity index (χ1) is 7.59. The zero-order chi connectivity index (χ0) is 12.0. The fraction of sp³-hybridized carbons (Fsp3) is 0.462. The molecule has 0 bridgehead atoms. The molecule has 16 heavy (non-hydrogen) atoms. The number of nitrogens with zero attached hydrogens (tertiary/aromatic N) is 1. The Labute approximate surface area is 102 Å². The summed E-state index contributed by atoms with van der Waals surface area (Å²) in [6, 6.07) is 12.6. The average molecular weight is 234 g/mol. The predicted molar refractivity (Wildman–Crippen MR) is 69.5 cm³/mol. The summed E-state index contributed by atoms with van der Waals surface area (Å²) in [4.78, 5) is 1.26. The maximum absolute atomic E-state index is 9.08. The van der Waals surface area contributed by atoms with Gasteiger partial charge in [-0.15, -0.1) is 11.8 Å². The van der Waals surface area contributed by atoms with Crippen LogP contribution in [-0.2, 0) is 0 Å². The van der Waals surface area contributed by atoms with E-state index < -0.39 is 5.54 Å². The molecule has 0 amide bonds. The summed E-state index contributed by atoms with van der Waals surface area (Å²) >= 11 is 1.81. The Morgan fingerprint density at radius 3 is 2.56 bits per heavy atom. The maximum Gasteiger partial charge on any atom is 0.104 e. The minimum Gasteiger partial charge on any atom is -0.303 e. The van der Waals surface area contributed by atoms with Crippen LogP contribution in [-0.4, -0.2) is 17.8 Å². The van der Waals surface area contributed by atoms with Crippen LogP contribution in [0.15, 0.2) is 35.2 Å². The molecule has 0 spiro atoms. The molecule has 0 aliphatic heterocycles. The Morgan fingerprint density at radius 1 is 1.44 bits per heavy atom. The third-order valence-corrected chi connectivity index (χ3v) is 3.69. The molecular weight excluding hydrogens is 216 g/mol. The van der Waals surface area contributed by atoms with Crippen molar-refractivity contribution in [2.24, 2.45) is 0 Å². The maximum atomic E-state index is 9.08. The van der Waals surface area contributed by atoms with Gasteiger partial charge >= 0.3 is 0 Å². The molecule has 0 aromatic heterocycles. The highest BCUT2D eigenvalue weighted by Crippen LogP contribution is 2.28. The van der Waals surface area contributed by atoms with Crippen molar-refractivity contribution in [2.75, 3.05) is 7.05 Å². The van der Waals surface area contributed by atoms with Gasteiger partial charge in [-0.3, -0.25) is 0 Å². The predicted octanol–water partition coefficient (Wildman–Crippen LogP) is 3.06. The molecule has 1 N–H and O–H groups in total. The molecule has 1 aromatic carbocycles. The van der Waals surface area contributed by atoms with Crippen LogP contribution in [0.2, 0.25) is 0 Å². The molecule has 1 aromatic rings. The van der Waals surface area contributed by atoms with Crippen LogP contribution in [0.3, 0.4) is 0 Å². The molecule has 0 fully saturated rings. The van der Waals surface area contributed by atoms with Gasteiger partial charge in [-0.2, -0.15) is 5.26 Å². The third kappa shape index (κ3) is 3.88. The van der Waals surface area contributed by atoms with Crippen molar-refractivity contribution in [2.45, 2.75) is 36.0 Å². The number of thioether (sulfide) groups is 1. The largest absolute Gasteiger partial charge is 0.303 e. The quantitative estimate of drug-likeness (QED) is 0.795. The van der Waals surface area contributed by atoms with E-state index in [4.69, 9.17) is 5.26 Å². The standard InChI is InChI=1S/C13H18N2S/c1-11(9-13(2,10-14)15-3)16-12-7-5-4-6-8-12/h4-8,11,15H,9H2,1-3H3. The first-order valence-electron chi connectivity index (χ1n) is 5.41. The summed E-state index contributed by atoms with van der Waals surface area (Å²) in [5, 5.41) is 12.6. The molecule has 0 aliphatic carbocycles. The van der Waals surface area contributed by atoms with E-state index >= 15 is 0 Å². The minimum atomic E-state index is -0.429. The van der Waals surface area contributed by atoms with E-state index in [0.29, 0.717) is 5.25 Å². The number of nitriles is 1. The lowest BCUT2D eigenvalue weighted by atomic mass is 9.98. The van der Waals surface area contributed by atoms with Gasteiger partial charge in [0.05, 0.1) is 6.07 Å². The van der Waals surface area contributed by atoms with Crippen molar-refractivity contribution >= 4 is 11.8 Å². The Hall–Kier alpha value is -0.980.